The van der Waals surface area contributed by atoms with E-state index in [9.17, 15) is 4.79 Å². The molecule has 0 fully saturated rings. The van der Waals surface area contributed by atoms with Gasteiger partial charge in [0, 0.05) is 6.20 Å². The van der Waals surface area contributed by atoms with Crippen LogP contribution in [0.1, 0.15) is 15.4 Å². The van der Waals surface area contributed by atoms with E-state index in [1.54, 1.807) is 0 Å². The summed E-state index contributed by atoms with van der Waals surface area (Å²) in [4.78, 5) is 12.5. The van der Waals surface area contributed by atoms with Crippen molar-refractivity contribution in [2.75, 3.05) is 0 Å². The van der Waals surface area contributed by atoms with Crippen molar-refractivity contribution >= 4 is 17.1 Å². The quantitative estimate of drug-likeness (QED) is 0.512. The molecule has 3 rings (SSSR count). The van der Waals surface area contributed by atoms with Gasteiger partial charge in [0.1, 0.15) is 4.88 Å². The van der Waals surface area contributed by atoms with Crippen molar-refractivity contribution in [3.63, 3.8) is 0 Å². The molecule has 0 amide bonds. The van der Waals surface area contributed by atoms with Crippen LogP contribution < -0.4 is 0 Å². The van der Waals surface area contributed by atoms with Gasteiger partial charge in [-0.1, -0.05) is 0 Å². The molecule has 0 unspecified atom stereocenters. The van der Waals surface area contributed by atoms with Gasteiger partial charge in [-0.25, -0.2) is 0 Å². The van der Waals surface area contributed by atoms with Gasteiger partial charge in [-0.3, -0.25) is 4.79 Å². The molecule has 2 nitrogen and oxygen atoms in total. The molecular weight excluding hydrogens is 170 g/mol. The highest BCUT2D eigenvalue weighted by Crippen LogP contribution is 2.31. The van der Waals surface area contributed by atoms with Gasteiger partial charge >= 0.3 is 0 Å². The van der Waals surface area contributed by atoms with E-state index in [4.69, 9.17) is 0 Å². The molecule has 3 heterocycles. The fraction of sp³-hybridized carbons (Fsp3) is 0. The number of hydrogen-bond acceptors (Lipinski definition) is 2. The summed E-state index contributed by atoms with van der Waals surface area (Å²) in [6.07, 6.45) is 1.92. The lowest BCUT2D eigenvalue weighted by Gasteiger charge is -1.92. The van der Waals surface area contributed by atoms with Crippen LogP contribution in [0.15, 0.2) is 29.8 Å². The molecule has 0 saturated carbocycles. The summed E-state index contributed by atoms with van der Waals surface area (Å²) in [7, 11) is 0. The second kappa shape index (κ2) is 1.87. The van der Waals surface area contributed by atoms with Gasteiger partial charge in [0.2, 0.25) is 5.78 Å². The fourth-order valence-electron chi connectivity index (χ4n) is 1.55. The normalized spacial score (nSPS) is 13.2. The van der Waals surface area contributed by atoms with E-state index in [0.29, 0.717) is 0 Å². The van der Waals surface area contributed by atoms with Crippen LogP contribution in [0.2, 0.25) is 0 Å². The predicted molar refractivity (Wildman–Crippen MR) is 47.1 cm³/mol. The number of aromatic nitrogens is 1. The molecule has 0 radical (unpaired) electrons. The second-order valence-electron chi connectivity index (χ2n) is 2.73. The van der Waals surface area contributed by atoms with Gasteiger partial charge in [-0.15, -0.1) is 11.3 Å². The molecule has 3 heteroatoms. The summed E-state index contributed by atoms with van der Waals surface area (Å²) >= 11 is 1.51. The van der Waals surface area contributed by atoms with Gasteiger partial charge < -0.3 is 4.57 Å². The van der Waals surface area contributed by atoms with Gasteiger partial charge in [0.15, 0.2) is 0 Å². The van der Waals surface area contributed by atoms with Crippen LogP contribution in [0.5, 0.6) is 0 Å². The lowest BCUT2D eigenvalue weighted by molar-refractivity contribution is 0.104. The summed E-state index contributed by atoms with van der Waals surface area (Å²) in [5, 5.41) is 1.95. The number of hydrogen-bond donors (Lipinski definition) is 0. The number of carbonyl (C=O) groups excluding carboxylic acids is 1. The first kappa shape index (κ1) is 6.20. The topological polar surface area (TPSA) is 22.0 Å². The SMILES string of the molecule is O=C1c2sccc2-n2cccc21. The Morgan fingerprint density at radius 2 is 2.25 bits per heavy atom. The van der Waals surface area contributed by atoms with E-state index >= 15 is 0 Å². The average Bonchev–Trinajstić information content (AvgIpc) is 2.72. The molecule has 0 N–H and O–H groups in total. The van der Waals surface area contributed by atoms with Crippen molar-refractivity contribution in [3.8, 4) is 5.69 Å². The molecule has 0 atom stereocenters. The Kier molecular flexibility index (Phi) is 0.966. The third-order valence-electron chi connectivity index (χ3n) is 2.09. The van der Waals surface area contributed by atoms with E-state index in [1.807, 2.05) is 34.3 Å². The molecule has 0 aromatic carbocycles. The van der Waals surface area contributed by atoms with E-state index in [-0.39, 0.29) is 5.78 Å². The molecule has 1 aliphatic heterocycles. The Hall–Kier alpha value is -1.35. The van der Waals surface area contributed by atoms with Crippen LogP contribution >= 0.6 is 11.3 Å². The van der Waals surface area contributed by atoms with Crippen LogP contribution in [-0.4, -0.2) is 10.4 Å². The predicted octanol–water partition coefficient (Wildman–Crippen LogP) is 2.08. The third kappa shape index (κ3) is 0.539. The van der Waals surface area contributed by atoms with E-state index in [0.717, 1.165) is 16.3 Å². The zero-order valence-electron chi connectivity index (χ0n) is 6.15. The second-order valence-corrected chi connectivity index (χ2v) is 3.64. The van der Waals surface area contributed by atoms with Crippen molar-refractivity contribution in [2.45, 2.75) is 0 Å². The first-order chi connectivity index (χ1) is 5.88. The number of ketones is 1. The molecule has 0 aliphatic carbocycles. The summed E-state index contributed by atoms with van der Waals surface area (Å²) in [5.41, 5.74) is 1.82. The van der Waals surface area contributed by atoms with Gasteiger partial charge in [-0.05, 0) is 23.6 Å². The summed E-state index contributed by atoms with van der Waals surface area (Å²) in [6.45, 7) is 0. The van der Waals surface area contributed by atoms with Crippen LogP contribution in [0, 0.1) is 0 Å². The smallest absolute Gasteiger partial charge is 0.221 e. The van der Waals surface area contributed by atoms with Crippen LogP contribution in [0.25, 0.3) is 5.69 Å². The van der Waals surface area contributed by atoms with Crippen molar-refractivity contribution in [1.82, 2.24) is 4.57 Å². The van der Waals surface area contributed by atoms with Gasteiger partial charge in [0.25, 0.3) is 0 Å². The minimum Gasteiger partial charge on any atom is -0.312 e. The van der Waals surface area contributed by atoms with Crippen molar-refractivity contribution in [2.24, 2.45) is 0 Å². The monoisotopic (exact) mass is 175 g/mol. The molecule has 0 saturated heterocycles. The standard InChI is InChI=1S/C9H5NOS/c11-8-6-2-1-4-10(6)7-3-5-12-9(7)8/h1-5H. The van der Waals surface area contributed by atoms with Crippen molar-refractivity contribution in [3.05, 3.63) is 40.3 Å². The minimum atomic E-state index is 0.157. The molecule has 0 spiro atoms. The first-order valence-corrected chi connectivity index (χ1v) is 4.56. The summed E-state index contributed by atoms with van der Waals surface area (Å²) in [5.74, 6) is 0.157. The summed E-state index contributed by atoms with van der Waals surface area (Å²) in [6, 6.07) is 5.73. The first-order valence-electron chi connectivity index (χ1n) is 3.68. The average molecular weight is 175 g/mol. The highest BCUT2D eigenvalue weighted by molar-refractivity contribution is 7.12. The molecule has 12 heavy (non-hydrogen) atoms. The molecule has 2 aromatic rings. The van der Waals surface area contributed by atoms with Gasteiger partial charge in [0.05, 0.1) is 11.4 Å². The van der Waals surface area contributed by atoms with E-state index < -0.39 is 0 Å². The third-order valence-corrected chi connectivity index (χ3v) is 2.99. The maximum atomic E-state index is 11.6. The molecular formula is C9H5NOS. The Bertz CT molecular complexity index is 424. The Balaban J connectivity index is 2.47. The van der Waals surface area contributed by atoms with Crippen LogP contribution in [0.3, 0.4) is 0 Å². The molecule has 0 bridgehead atoms. The summed E-state index contributed by atoms with van der Waals surface area (Å²) < 4.78 is 1.94. The lowest BCUT2D eigenvalue weighted by Crippen LogP contribution is -1.93. The Morgan fingerprint density at radius 1 is 1.33 bits per heavy atom. The van der Waals surface area contributed by atoms with Crippen LogP contribution in [-0.2, 0) is 0 Å². The highest BCUT2D eigenvalue weighted by atomic mass is 32.1. The Morgan fingerprint density at radius 3 is 3.17 bits per heavy atom. The maximum absolute atomic E-state index is 11.6. The van der Waals surface area contributed by atoms with Gasteiger partial charge in [-0.2, -0.15) is 0 Å². The number of fused-ring (bicyclic) bond motifs is 3. The number of carbonyl (C=O) groups is 1. The number of rotatable bonds is 0. The van der Waals surface area contributed by atoms with Crippen molar-refractivity contribution < 1.29 is 4.79 Å². The minimum absolute atomic E-state index is 0.157. The largest absolute Gasteiger partial charge is 0.312 e. The zero-order valence-corrected chi connectivity index (χ0v) is 6.97. The lowest BCUT2D eigenvalue weighted by atomic mass is 10.3. The number of thiophene rings is 1. The molecule has 1 aliphatic rings. The maximum Gasteiger partial charge on any atom is 0.221 e. The number of nitrogens with zero attached hydrogens (tertiary/aromatic N) is 1. The van der Waals surface area contributed by atoms with E-state index in [2.05, 4.69) is 0 Å². The zero-order chi connectivity index (χ0) is 8.13. The van der Waals surface area contributed by atoms with Crippen LogP contribution in [0.4, 0.5) is 0 Å². The highest BCUT2D eigenvalue weighted by Gasteiger charge is 2.26. The Labute approximate surface area is 73.1 Å². The van der Waals surface area contributed by atoms with E-state index in [1.165, 1.54) is 11.3 Å². The van der Waals surface area contributed by atoms with Crippen molar-refractivity contribution in [1.29, 1.82) is 0 Å². The molecule has 2 aromatic heterocycles. The fourth-order valence-corrected chi connectivity index (χ4v) is 2.39. The molecule has 58 valence electrons.